The molecule has 0 bridgehead atoms. The van der Waals surface area contributed by atoms with E-state index in [1.54, 1.807) is 12.1 Å². The molecule has 0 aliphatic rings. The Labute approximate surface area is 112 Å². The number of carbonyl (C=O) groups excluding carboxylic acids is 2. The normalized spacial score (nSPS) is 9.59. The van der Waals surface area contributed by atoms with Gasteiger partial charge in [0, 0.05) is 5.56 Å². The number of methoxy groups -OCH3 is 2. The summed E-state index contributed by atoms with van der Waals surface area (Å²) in [5.74, 6) is 0.342. The summed E-state index contributed by atoms with van der Waals surface area (Å²) in [4.78, 5) is 21.6. The molecule has 0 saturated heterocycles. The van der Waals surface area contributed by atoms with Gasteiger partial charge in [0.25, 0.3) is 0 Å². The molecule has 17 heavy (non-hydrogen) atoms. The number of hydrogen-bond acceptors (Lipinski definition) is 5. The van der Waals surface area contributed by atoms with Crippen molar-refractivity contribution in [1.82, 2.24) is 0 Å². The maximum absolute atomic E-state index is 11.0. The summed E-state index contributed by atoms with van der Waals surface area (Å²) >= 11 is 2.00. The molecule has 6 heteroatoms. The number of esters is 1. The van der Waals surface area contributed by atoms with E-state index in [9.17, 15) is 9.59 Å². The van der Waals surface area contributed by atoms with Crippen LogP contribution in [-0.2, 0) is 9.53 Å². The van der Waals surface area contributed by atoms with Crippen LogP contribution >= 0.6 is 22.6 Å². The van der Waals surface area contributed by atoms with Crippen LogP contribution in [0.1, 0.15) is 10.4 Å². The number of hydrogen-bond donors (Lipinski definition) is 0. The van der Waals surface area contributed by atoms with Crippen molar-refractivity contribution < 1.29 is 23.8 Å². The molecule has 0 amide bonds. The number of aldehydes is 1. The van der Waals surface area contributed by atoms with Crippen molar-refractivity contribution >= 4 is 34.8 Å². The fourth-order valence-corrected chi connectivity index (χ4v) is 1.92. The van der Waals surface area contributed by atoms with Crippen molar-refractivity contribution in [2.45, 2.75) is 0 Å². The van der Waals surface area contributed by atoms with Gasteiger partial charge >= 0.3 is 5.97 Å². The van der Waals surface area contributed by atoms with E-state index in [0.29, 0.717) is 20.6 Å². The Morgan fingerprint density at radius 3 is 2.65 bits per heavy atom. The summed E-state index contributed by atoms with van der Waals surface area (Å²) in [7, 11) is 2.74. The highest BCUT2D eigenvalue weighted by Gasteiger charge is 2.13. The smallest absolute Gasteiger partial charge is 0.343 e. The second-order valence-electron chi connectivity index (χ2n) is 3.02. The van der Waals surface area contributed by atoms with E-state index in [1.807, 2.05) is 22.6 Å². The second kappa shape index (κ2) is 6.43. The van der Waals surface area contributed by atoms with Gasteiger partial charge in [0.05, 0.1) is 17.8 Å². The van der Waals surface area contributed by atoms with Crippen LogP contribution in [0.4, 0.5) is 0 Å². The van der Waals surface area contributed by atoms with Crippen molar-refractivity contribution in [2.24, 2.45) is 0 Å². The van der Waals surface area contributed by atoms with E-state index >= 15 is 0 Å². The first-order chi connectivity index (χ1) is 8.12. The predicted molar refractivity (Wildman–Crippen MR) is 68.6 cm³/mol. The Bertz CT molecular complexity index is 430. The average Bonchev–Trinajstić information content (AvgIpc) is 2.35. The minimum atomic E-state index is -0.484. The highest BCUT2D eigenvalue weighted by molar-refractivity contribution is 14.1. The minimum absolute atomic E-state index is 0.205. The summed E-state index contributed by atoms with van der Waals surface area (Å²) < 4.78 is 15.5. The topological polar surface area (TPSA) is 61.8 Å². The van der Waals surface area contributed by atoms with E-state index in [0.717, 1.165) is 6.29 Å². The van der Waals surface area contributed by atoms with E-state index in [2.05, 4.69) is 4.74 Å². The molecule has 1 rings (SSSR count). The number of benzene rings is 1. The van der Waals surface area contributed by atoms with Crippen LogP contribution in [0, 0.1) is 3.57 Å². The first kappa shape index (κ1) is 13.8. The Balaban J connectivity index is 2.97. The van der Waals surface area contributed by atoms with Gasteiger partial charge in [-0.2, -0.15) is 0 Å². The van der Waals surface area contributed by atoms with Gasteiger partial charge in [-0.3, -0.25) is 4.79 Å². The fraction of sp³-hybridized carbons (Fsp3) is 0.273. The lowest BCUT2D eigenvalue weighted by atomic mass is 10.2. The quantitative estimate of drug-likeness (QED) is 0.459. The first-order valence-electron chi connectivity index (χ1n) is 4.64. The average molecular weight is 350 g/mol. The molecular weight excluding hydrogens is 339 g/mol. The number of ether oxygens (including phenoxy) is 3. The lowest BCUT2D eigenvalue weighted by molar-refractivity contribution is -0.142. The van der Waals surface area contributed by atoms with Crippen LogP contribution in [0.5, 0.6) is 11.5 Å². The monoisotopic (exact) mass is 350 g/mol. The SMILES string of the molecule is COC(=O)COc1c(I)cc(C=O)cc1OC. The molecule has 0 aliphatic carbocycles. The fourth-order valence-electron chi connectivity index (χ4n) is 1.14. The van der Waals surface area contributed by atoms with Crippen LogP contribution < -0.4 is 9.47 Å². The van der Waals surface area contributed by atoms with Gasteiger partial charge in [-0.15, -0.1) is 0 Å². The highest BCUT2D eigenvalue weighted by atomic mass is 127. The second-order valence-corrected chi connectivity index (χ2v) is 4.18. The zero-order valence-corrected chi connectivity index (χ0v) is 11.5. The van der Waals surface area contributed by atoms with Crippen molar-refractivity contribution in [3.05, 3.63) is 21.3 Å². The molecular formula is C11H11IO5. The predicted octanol–water partition coefficient (Wildman–Crippen LogP) is 1.66. The van der Waals surface area contributed by atoms with Gasteiger partial charge in [0.2, 0.25) is 0 Å². The van der Waals surface area contributed by atoms with Gasteiger partial charge in [-0.1, -0.05) is 0 Å². The van der Waals surface area contributed by atoms with Crippen molar-refractivity contribution in [3.63, 3.8) is 0 Å². The molecule has 0 N–H and O–H groups in total. The molecule has 0 aromatic heterocycles. The largest absolute Gasteiger partial charge is 0.493 e. The Morgan fingerprint density at radius 2 is 2.12 bits per heavy atom. The van der Waals surface area contributed by atoms with Gasteiger partial charge in [0.15, 0.2) is 18.1 Å². The van der Waals surface area contributed by atoms with Crippen LogP contribution in [-0.4, -0.2) is 33.1 Å². The van der Waals surface area contributed by atoms with E-state index in [1.165, 1.54) is 14.2 Å². The van der Waals surface area contributed by atoms with Gasteiger partial charge in [-0.05, 0) is 34.7 Å². The number of halogens is 1. The van der Waals surface area contributed by atoms with E-state index < -0.39 is 5.97 Å². The van der Waals surface area contributed by atoms with E-state index in [-0.39, 0.29) is 6.61 Å². The standard InChI is InChI=1S/C11H11IO5/c1-15-9-4-7(5-13)3-8(12)11(9)17-6-10(14)16-2/h3-5H,6H2,1-2H3. The van der Waals surface area contributed by atoms with Crippen LogP contribution in [0.15, 0.2) is 12.1 Å². The van der Waals surface area contributed by atoms with Crippen LogP contribution in [0.25, 0.3) is 0 Å². The molecule has 0 fully saturated rings. The lowest BCUT2D eigenvalue weighted by Crippen LogP contribution is -2.13. The van der Waals surface area contributed by atoms with Crippen LogP contribution in [0.2, 0.25) is 0 Å². The molecule has 0 radical (unpaired) electrons. The Hall–Kier alpha value is -1.31. The van der Waals surface area contributed by atoms with Crippen molar-refractivity contribution in [3.8, 4) is 11.5 Å². The van der Waals surface area contributed by atoms with Crippen molar-refractivity contribution in [2.75, 3.05) is 20.8 Å². The summed E-state index contributed by atoms with van der Waals surface area (Å²) in [5.41, 5.74) is 0.483. The zero-order valence-electron chi connectivity index (χ0n) is 9.36. The molecule has 0 heterocycles. The molecule has 92 valence electrons. The summed E-state index contributed by atoms with van der Waals surface area (Å²) in [6.45, 7) is -0.205. The summed E-state index contributed by atoms with van der Waals surface area (Å²) in [6, 6.07) is 3.18. The molecule has 5 nitrogen and oxygen atoms in total. The zero-order chi connectivity index (χ0) is 12.8. The van der Waals surface area contributed by atoms with Crippen molar-refractivity contribution in [1.29, 1.82) is 0 Å². The molecule has 1 aromatic carbocycles. The third kappa shape index (κ3) is 3.58. The highest BCUT2D eigenvalue weighted by Crippen LogP contribution is 2.33. The number of carbonyl (C=O) groups is 2. The van der Waals surface area contributed by atoms with Crippen LogP contribution in [0.3, 0.4) is 0 Å². The third-order valence-corrected chi connectivity index (χ3v) is 2.75. The maximum Gasteiger partial charge on any atom is 0.343 e. The minimum Gasteiger partial charge on any atom is -0.493 e. The van der Waals surface area contributed by atoms with Gasteiger partial charge < -0.3 is 14.2 Å². The number of rotatable bonds is 5. The molecule has 0 spiro atoms. The lowest BCUT2D eigenvalue weighted by Gasteiger charge is -2.12. The third-order valence-electron chi connectivity index (χ3n) is 1.95. The summed E-state index contributed by atoms with van der Waals surface area (Å²) in [6.07, 6.45) is 0.717. The molecule has 0 atom stereocenters. The van der Waals surface area contributed by atoms with E-state index in [4.69, 9.17) is 9.47 Å². The van der Waals surface area contributed by atoms with Gasteiger partial charge in [0.1, 0.15) is 6.29 Å². The summed E-state index contributed by atoms with van der Waals surface area (Å²) in [5, 5.41) is 0. The Morgan fingerprint density at radius 1 is 1.41 bits per heavy atom. The molecule has 1 aromatic rings. The first-order valence-corrected chi connectivity index (χ1v) is 5.72. The maximum atomic E-state index is 11.0. The molecule has 0 unspecified atom stereocenters. The molecule has 0 aliphatic heterocycles. The molecule has 0 saturated carbocycles. The Kier molecular flexibility index (Phi) is 5.20. The van der Waals surface area contributed by atoms with Gasteiger partial charge in [-0.25, -0.2) is 4.79 Å².